The molecule has 4 rings (SSSR count). The Morgan fingerprint density at radius 3 is 2.54 bits per heavy atom. The van der Waals surface area contributed by atoms with Crippen molar-refractivity contribution in [2.24, 2.45) is 0 Å². The minimum absolute atomic E-state index is 0.00373. The lowest BCUT2D eigenvalue weighted by molar-refractivity contribution is -0.123. The predicted molar refractivity (Wildman–Crippen MR) is 155 cm³/mol. The van der Waals surface area contributed by atoms with Crippen LogP contribution in [0.25, 0.3) is 11.0 Å². The van der Waals surface area contributed by atoms with Gasteiger partial charge >= 0.3 is 0 Å². The molecule has 0 bridgehead atoms. The van der Waals surface area contributed by atoms with Gasteiger partial charge in [-0.1, -0.05) is 36.2 Å². The van der Waals surface area contributed by atoms with Gasteiger partial charge in [-0.05, 0) is 74.2 Å². The van der Waals surface area contributed by atoms with Gasteiger partial charge in [0.25, 0.3) is 5.91 Å². The summed E-state index contributed by atoms with van der Waals surface area (Å²) >= 11 is 5.87. The Labute approximate surface area is 235 Å². The molecule has 206 valence electrons. The van der Waals surface area contributed by atoms with Crippen LogP contribution in [-0.4, -0.2) is 42.3 Å². The summed E-state index contributed by atoms with van der Waals surface area (Å²) in [4.78, 5) is 17.0. The van der Waals surface area contributed by atoms with Crippen molar-refractivity contribution < 1.29 is 19.0 Å². The molecule has 0 aliphatic carbocycles. The highest BCUT2D eigenvalue weighted by Crippen LogP contribution is 2.21. The minimum Gasteiger partial charge on any atom is -0.497 e. The average molecular weight is 550 g/mol. The van der Waals surface area contributed by atoms with Crippen LogP contribution in [-0.2, 0) is 17.8 Å². The number of nitrogens with zero attached hydrogens (tertiary/aromatic N) is 2. The van der Waals surface area contributed by atoms with Crippen LogP contribution in [0.4, 0.5) is 0 Å². The Balaban J connectivity index is 1.16. The van der Waals surface area contributed by atoms with Gasteiger partial charge in [0.2, 0.25) is 0 Å². The molecule has 1 heterocycles. The van der Waals surface area contributed by atoms with E-state index in [0.717, 1.165) is 67.9 Å². The molecule has 0 aliphatic heterocycles. The number of fused-ring (bicyclic) bond motifs is 1. The molecule has 0 saturated carbocycles. The van der Waals surface area contributed by atoms with E-state index in [0.29, 0.717) is 23.9 Å². The Morgan fingerprint density at radius 1 is 0.872 bits per heavy atom. The van der Waals surface area contributed by atoms with Crippen LogP contribution >= 0.6 is 11.6 Å². The van der Waals surface area contributed by atoms with E-state index in [1.807, 2.05) is 30.3 Å². The maximum atomic E-state index is 12.0. The molecule has 0 fully saturated rings. The Hall–Kier alpha value is -3.71. The van der Waals surface area contributed by atoms with Crippen molar-refractivity contribution in [3.05, 3.63) is 83.6 Å². The lowest BCUT2D eigenvalue weighted by Crippen LogP contribution is -2.29. The summed E-state index contributed by atoms with van der Waals surface area (Å²) in [6.07, 6.45) is 5.79. The zero-order chi connectivity index (χ0) is 27.3. The van der Waals surface area contributed by atoms with Gasteiger partial charge < -0.3 is 24.1 Å². The molecule has 1 N–H and O–H groups in total. The Bertz CT molecular complexity index is 1320. The van der Waals surface area contributed by atoms with Crippen molar-refractivity contribution in [2.75, 3.05) is 26.9 Å². The van der Waals surface area contributed by atoms with Gasteiger partial charge in [-0.25, -0.2) is 4.98 Å². The van der Waals surface area contributed by atoms with Crippen molar-refractivity contribution in [2.45, 2.75) is 45.1 Å². The first-order valence-corrected chi connectivity index (χ1v) is 13.9. The number of aryl methyl sites for hydroxylation is 2. The second-order valence-corrected chi connectivity index (χ2v) is 9.74. The lowest BCUT2D eigenvalue weighted by Gasteiger charge is -2.11. The highest BCUT2D eigenvalue weighted by Gasteiger charge is 2.10. The first kappa shape index (κ1) is 28.3. The number of aromatic nitrogens is 2. The Kier molecular flexibility index (Phi) is 10.9. The number of methoxy groups -OCH3 is 1. The predicted octanol–water partition coefficient (Wildman–Crippen LogP) is 6.47. The van der Waals surface area contributed by atoms with Crippen LogP contribution in [0, 0.1) is 0 Å². The zero-order valence-electron chi connectivity index (χ0n) is 22.4. The molecule has 0 radical (unpaired) electrons. The third-order valence-corrected chi connectivity index (χ3v) is 6.65. The molecular formula is C31H36ClN3O4. The van der Waals surface area contributed by atoms with Crippen LogP contribution in [0.2, 0.25) is 5.02 Å². The molecule has 0 atom stereocenters. The van der Waals surface area contributed by atoms with E-state index in [1.165, 1.54) is 5.52 Å². The largest absolute Gasteiger partial charge is 0.497 e. The number of ether oxygens (including phenoxy) is 3. The number of unbranched alkanes of at least 4 members (excludes halogenated alkanes) is 3. The van der Waals surface area contributed by atoms with Gasteiger partial charge in [-0.3, -0.25) is 4.79 Å². The SMILES string of the molecule is COc1cccc(OCCCCn2c(CCCCCNC(=O)COc3ccc(Cl)cc3)nc3ccccc32)c1. The van der Waals surface area contributed by atoms with Crippen molar-refractivity contribution in [1.82, 2.24) is 14.9 Å². The third-order valence-electron chi connectivity index (χ3n) is 6.40. The second kappa shape index (κ2) is 15.0. The molecule has 7 nitrogen and oxygen atoms in total. The van der Waals surface area contributed by atoms with Gasteiger partial charge in [0.05, 0.1) is 24.8 Å². The number of hydrogen-bond acceptors (Lipinski definition) is 5. The van der Waals surface area contributed by atoms with Gasteiger partial charge in [-0.2, -0.15) is 0 Å². The van der Waals surface area contributed by atoms with Crippen LogP contribution in [0.3, 0.4) is 0 Å². The van der Waals surface area contributed by atoms with Gasteiger partial charge in [0, 0.05) is 30.6 Å². The lowest BCUT2D eigenvalue weighted by atomic mass is 10.2. The molecule has 1 aromatic heterocycles. The summed E-state index contributed by atoms with van der Waals surface area (Å²) in [5, 5.41) is 3.56. The number of imidazole rings is 1. The third kappa shape index (κ3) is 8.93. The summed E-state index contributed by atoms with van der Waals surface area (Å²) < 4.78 is 19.0. The topological polar surface area (TPSA) is 74.6 Å². The van der Waals surface area contributed by atoms with Crippen LogP contribution in [0.5, 0.6) is 17.2 Å². The highest BCUT2D eigenvalue weighted by atomic mass is 35.5. The van der Waals surface area contributed by atoms with E-state index < -0.39 is 0 Å². The van der Waals surface area contributed by atoms with Crippen molar-refractivity contribution >= 4 is 28.5 Å². The summed E-state index contributed by atoms with van der Waals surface area (Å²) in [5.74, 6) is 3.25. The number of para-hydroxylation sites is 2. The fourth-order valence-electron chi connectivity index (χ4n) is 4.36. The standard InChI is InChI=1S/C31H36ClN3O4/c1-37-26-10-9-11-27(22-26)38-21-8-7-20-35-29-13-5-4-12-28(29)34-30(35)14-3-2-6-19-33-31(36)23-39-25-17-15-24(32)16-18-25/h4-5,9-13,15-18,22H,2-3,6-8,14,19-21,23H2,1H3,(H,33,36). The molecular weight excluding hydrogens is 514 g/mol. The van der Waals surface area contributed by atoms with Crippen LogP contribution in [0.15, 0.2) is 72.8 Å². The minimum atomic E-state index is -0.123. The summed E-state index contributed by atoms with van der Waals surface area (Å²) in [7, 11) is 1.66. The number of halogens is 1. The number of benzene rings is 3. The summed E-state index contributed by atoms with van der Waals surface area (Å²) in [6.45, 7) is 2.19. The number of carbonyl (C=O) groups excluding carboxylic acids is 1. The van der Waals surface area contributed by atoms with E-state index in [4.69, 9.17) is 30.8 Å². The molecule has 1 amide bonds. The number of carbonyl (C=O) groups is 1. The smallest absolute Gasteiger partial charge is 0.257 e. The van der Waals surface area contributed by atoms with Crippen molar-refractivity contribution in [1.29, 1.82) is 0 Å². The molecule has 3 aromatic carbocycles. The maximum absolute atomic E-state index is 12.0. The quantitative estimate of drug-likeness (QED) is 0.162. The fraction of sp³-hybridized carbons (Fsp3) is 0.355. The molecule has 0 aliphatic rings. The fourth-order valence-corrected chi connectivity index (χ4v) is 4.49. The first-order valence-electron chi connectivity index (χ1n) is 13.5. The zero-order valence-corrected chi connectivity index (χ0v) is 23.2. The molecule has 0 saturated heterocycles. The molecule has 4 aromatic rings. The normalized spacial score (nSPS) is 10.9. The van der Waals surface area contributed by atoms with Crippen molar-refractivity contribution in [3.8, 4) is 17.2 Å². The maximum Gasteiger partial charge on any atom is 0.257 e. The molecule has 8 heteroatoms. The van der Waals surface area contributed by atoms with Crippen LogP contribution < -0.4 is 19.5 Å². The van der Waals surface area contributed by atoms with Gasteiger partial charge in [0.15, 0.2) is 6.61 Å². The first-order chi connectivity index (χ1) is 19.1. The monoisotopic (exact) mass is 549 g/mol. The van der Waals surface area contributed by atoms with Crippen molar-refractivity contribution in [3.63, 3.8) is 0 Å². The number of rotatable bonds is 16. The van der Waals surface area contributed by atoms with E-state index in [9.17, 15) is 4.79 Å². The second-order valence-electron chi connectivity index (χ2n) is 9.31. The van der Waals surface area contributed by atoms with E-state index in [-0.39, 0.29) is 12.5 Å². The highest BCUT2D eigenvalue weighted by molar-refractivity contribution is 6.30. The molecule has 39 heavy (non-hydrogen) atoms. The summed E-state index contributed by atoms with van der Waals surface area (Å²) in [5.41, 5.74) is 2.21. The Morgan fingerprint density at radius 2 is 1.69 bits per heavy atom. The van der Waals surface area contributed by atoms with E-state index in [2.05, 4.69) is 28.1 Å². The number of nitrogens with one attached hydrogen (secondary N) is 1. The summed E-state index contributed by atoms with van der Waals surface area (Å²) in [6, 6.07) is 23.0. The molecule has 0 spiro atoms. The number of amides is 1. The van der Waals surface area contributed by atoms with E-state index >= 15 is 0 Å². The number of hydrogen-bond donors (Lipinski definition) is 1. The van der Waals surface area contributed by atoms with E-state index in [1.54, 1.807) is 31.4 Å². The molecule has 0 unspecified atom stereocenters. The van der Waals surface area contributed by atoms with Gasteiger partial charge in [-0.15, -0.1) is 0 Å². The van der Waals surface area contributed by atoms with Crippen LogP contribution in [0.1, 0.15) is 37.9 Å². The van der Waals surface area contributed by atoms with Gasteiger partial charge in [0.1, 0.15) is 23.1 Å². The average Bonchev–Trinajstić information content (AvgIpc) is 3.31.